The Morgan fingerprint density at radius 3 is 2.70 bits per heavy atom. The van der Waals surface area contributed by atoms with Crippen molar-refractivity contribution < 1.29 is 9.47 Å². The lowest BCUT2D eigenvalue weighted by molar-refractivity contribution is 0.0789. The summed E-state index contributed by atoms with van der Waals surface area (Å²) < 4.78 is 13.2. The lowest BCUT2D eigenvalue weighted by Crippen LogP contribution is -2.21. The van der Waals surface area contributed by atoms with Crippen molar-refractivity contribution in [2.45, 2.75) is 39.3 Å². The number of benzene rings is 1. The molecule has 5 nitrogen and oxygen atoms in total. The third-order valence-electron chi connectivity index (χ3n) is 3.35. The second-order valence-electron chi connectivity index (χ2n) is 5.23. The predicted octanol–water partition coefficient (Wildman–Crippen LogP) is 3.00. The molecule has 0 aliphatic rings. The number of fused-ring (bicyclic) bond motifs is 1. The fraction of sp³-hybridized carbons (Fsp3) is 0.533. The van der Waals surface area contributed by atoms with E-state index < -0.39 is 0 Å². The molecule has 20 heavy (non-hydrogen) atoms. The van der Waals surface area contributed by atoms with Crippen LogP contribution in [0.25, 0.3) is 11.0 Å². The molecule has 0 aliphatic heterocycles. The van der Waals surface area contributed by atoms with Gasteiger partial charge < -0.3 is 19.8 Å². The van der Waals surface area contributed by atoms with Gasteiger partial charge in [0, 0.05) is 25.3 Å². The number of hydrogen-bond acceptors (Lipinski definition) is 4. The highest BCUT2D eigenvalue weighted by Gasteiger charge is 2.13. The molecule has 2 rings (SSSR count). The molecule has 0 bridgehead atoms. The van der Waals surface area contributed by atoms with Gasteiger partial charge in [-0.3, -0.25) is 0 Å². The second kappa shape index (κ2) is 6.13. The molecule has 2 N–H and O–H groups in total. The van der Waals surface area contributed by atoms with Crippen molar-refractivity contribution in [1.82, 2.24) is 9.55 Å². The van der Waals surface area contributed by atoms with Crippen molar-refractivity contribution in [3.05, 3.63) is 18.5 Å². The van der Waals surface area contributed by atoms with Gasteiger partial charge in [0.1, 0.15) is 17.4 Å². The van der Waals surface area contributed by atoms with E-state index in [0.29, 0.717) is 18.3 Å². The number of methoxy groups -OCH3 is 1. The molecule has 110 valence electrons. The lowest BCUT2D eigenvalue weighted by Gasteiger charge is -2.17. The maximum atomic E-state index is 6.07. The van der Waals surface area contributed by atoms with Gasteiger partial charge in [-0.1, -0.05) is 6.92 Å². The summed E-state index contributed by atoms with van der Waals surface area (Å²) in [5.74, 6) is 0.765. The zero-order valence-corrected chi connectivity index (χ0v) is 12.6. The van der Waals surface area contributed by atoms with Crippen LogP contribution in [0.5, 0.6) is 5.75 Å². The first kappa shape index (κ1) is 14.7. The number of nitrogens with zero attached hydrogens (tertiary/aromatic N) is 2. The molecule has 0 spiro atoms. The van der Waals surface area contributed by atoms with Crippen molar-refractivity contribution >= 4 is 16.7 Å². The number of nitrogen functional groups attached to an aromatic ring is 1. The molecule has 0 radical (unpaired) electrons. The molecule has 1 atom stereocenters. The standard InChI is InChI=1S/C15H23N3O2/c1-5-11(8-19-4)20-12-6-13(16)15-14(7-12)18(9-17-15)10(2)3/h6-7,9-11H,5,8,16H2,1-4H3. The van der Waals surface area contributed by atoms with E-state index in [2.05, 4.69) is 30.3 Å². The van der Waals surface area contributed by atoms with Gasteiger partial charge in [0.25, 0.3) is 0 Å². The number of aromatic nitrogens is 2. The smallest absolute Gasteiger partial charge is 0.124 e. The molecule has 0 amide bonds. The Morgan fingerprint density at radius 2 is 2.10 bits per heavy atom. The number of rotatable bonds is 6. The average Bonchev–Trinajstić information content (AvgIpc) is 2.82. The Labute approximate surface area is 119 Å². The summed E-state index contributed by atoms with van der Waals surface area (Å²) in [7, 11) is 1.68. The quantitative estimate of drug-likeness (QED) is 0.824. The minimum absolute atomic E-state index is 0.0345. The summed E-state index contributed by atoms with van der Waals surface area (Å²) in [5.41, 5.74) is 8.54. The van der Waals surface area contributed by atoms with Crippen LogP contribution in [0.1, 0.15) is 33.2 Å². The highest BCUT2D eigenvalue weighted by Crippen LogP contribution is 2.29. The zero-order chi connectivity index (χ0) is 14.7. The second-order valence-corrected chi connectivity index (χ2v) is 5.23. The monoisotopic (exact) mass is 277 g/mol. The molecular weight excluding hydrogens is 254 g/mol. The first-order chi connectivity index (χ1) is 9.56. The summed E-state index contributed by atoms with van der Waals surface area (Å²) in [6.45, 7) is 6.87. The maximum absolute atomic E-state index is 6.07. The summed E-state index contributed by atoms with van der Waals surface area (Å²) in [6, 6.07) is 4.16. The lowest BCUT2D eigenvalue weighted by atomic mass is 10.2. The van der Waals surface area contributed by atoms with Crippen molar-refractivity contribution in [3.8, 4) is 5.75 Å². The van der Waals surface area contributed by atoms with E-state index in [4.69, 9.17) is 15.2 Å². The van der Waals surface area contributed by atoms with E-state index in [-0.39, 0.29) is 6.10 Å². The molecule has 1 heterocycles. The summed E-state index contributed by atoms with van der Waals surface area (Å²) in [6.07, 6.45) is 2.74. The maximum Gasteiger partial charge on any atom is 0.124 e. The van der Waals surface area contributed by atoms with E-state index in [1.165, 1.54) is 0 Å². The van der Waals surface area contributed by atoms with Gasteiger partial charge in [-0.15, -0.1) is 0 Å². The molecule has 0 saturated carbocycles. The first-order valence-corrected chi connectivity index (χ1v) is 6.98. The van der Waals surface area contributed by atoms with Gasteiger partial charge in [-0.2, -0.15) is 0 Å². The van der Waals surface area contributed by atoms with Crippen LogP contribution in [0.4, 0.5) is 5.69 Å². The fourth-order valence-corrected chi connectivity index (χ4v) is 2.23. The Bertz CT molecular complexity index is 578. The van der Waals surface area contributed by atoms with Crippen LogP contribution >= 0.6 is 0 Å². The molecule has 2 aromatic rings. The molecule has 1 aromatic heterocycles. The van der Waals surface area contributed by atoms with Gasteiger partial charge >= 0.3 is 0 Å². The Hall–Kier alpha value is -1.75. The van der Waals surface area contributed by atoms with Crippen molar-refractivity contribution in [3.63, 3.8) is 0 Å². The highest BCUT2D eigenvalue weighted by molar-refractivity contribution is 5.88. The number of hydrogen-bond donors (Lipinski definition) is 1. The highest BCUT2D eigenvalue weighted by atomic mass is 16.5. The zero-order valence-electron chi connectivity index (χ0n) is 12.6. The largest absolute Gasteiger partial charge is 0.488 e. The van der Waals surface area contributed by atoms with Crippen molar-refractivity contribution in [2.75, 3.05) is 19.5 Å². The third-order valence-corrected chi connectivity index (χ3v) is 3.35. The summed E-state index contributed by atoms with van der Waals surface area (Å²) >= 11 is 0. The third kappa shape index (κ3) is 2.88. The molecule has 1 unspecified atom stereocenters. The van der Waals surface area contributed by atoms with Gasteiger partial charge in [-0.05, 0) is 20.3 Å². The predicted molar refractivity (Wildman–Crippen MR) is 81.1 cm³/mol. The van der Waals surface area contributed by atoms with Crippen LogP contribution in [0.3, 0.4) is 0 Å². The van der Waals surface area contributed by atoms with Crippen LogP contribution in [-0.4, -0.2) is 29.4 Å². The van der Waals surface area contributed by atoms with E-state index >= 15 is 0 Å². The molecule has 0 saturated heterocycles. The number of ether oxygens (including phenoxy) is 2. The molecule has 0 fully saturated rings. The number of imidazole rings is 1. The van der Waals surface area contributed by atoms with E-state index in [1.807, 2.05) is 18.5 Å². The van der Waals surface area contributed by atoms with Crippen molar-refractivity contribution in [1.29, 1.82) is 0 Å². The van der Waals surface area contributed by atoms with E-state index in [9.17, 15) is 0 Å². The van der Waals surface area contributed by atoms with Gasteiger partial charge in [0.05, 0.1) is 24.1 Å². The molecule has 5 heteroatoms. The molecule has 0 aliphatic carbocycles. The van der Waals surface area contributed by atoms with E-state index in [0.717, 1.165) is 23.2 Å². The summed E-state index contributed by atoms with van der Waals surface area (Å²) in [4.78, 5) is 4.37. The number of nitrogens with two attached hydrogens (primary N) is 1. The van der Waals surface area contributed by atoms with Crippen LogP contribution in [0.2, 0.25) is 0 Å². The van der Waals surface area contributed by atoms with Crippen LogP contribution in [0.15, 0.2) is 18.5 Å². The minimum atomic E-state index is 0.0345. The topological polar surface area (TPSA) is 62.3 Å². The Morgan fingerprint density at radius 1 is 1.35 bits per heavy atom. The molecule has 1 aromatic carbocycles. The van der Waals surface area contributed by atoms with Gasteiger partial charge in [0.15, 0.2) is 0 Å². The normalized spacial score (nSPS) is 13.1. The van der Waals surface area contributed by atoms with Crippen LogP contribution in [0, 0.1) is 0 Å². The van der Waals surface area contributed by atoms with Gasteiger partial charge in [-0.25, -0.2) is 4.98 Å². The van der Waals surface area contributed by atoms with Crippen LogP contribution < -0.4 is 10.5 Å². The van der Waals surface area contributed by atoms with Crippen molar-refractivity contribution in [2.24, 2.45) is 0 Å². The first-order valence-electron chi connectivity index (χ1n) is 6.98. The molecular formula is C15H23N3O2. The number of anilines is 1. The fourth-order valence-electron chi connectivity index (χ4n) is 2.23. The Kier molecular flexibility index (Phi) is 4.49. The minimum Gasteiger partial charge on any atom is -0.488 e. The average molecular weight is 277 g/mol. The Balaban J connectivity index is 2.37. The summed E-state index contributed by atoms with van der Waals surface area (Å²) in [5, 5.41) is 0. The van der Waals surface area contributed by atoms with Crippen LogP contribution in [-0.2, 0) is 4.74 Å². The SMILES string of the molecule is CCC(COC)Oc1cc(N)c2ncn(C(C)C)c2c1. The van der Waals surface area contributed by atoms with E-state index in [1.54, 1.807) is 7.11 Å². The van der Waals surface area contributed by atoms with Gasteiger partial charge in [0.2, 0.25) is 0 Å².